The number of hydrogen-bond donors (Lipinski definition) is 2. The van der Waals surface area contributed by atoms with Gasteiger partial charge in [-0.1, -0.05) is 13.7 Å². The van der Waals surface area contributed by atoms with Gasteiger partial charge in [0.1, 0.15) is 0 Å². The summed E-state index contributed by atoms with van der Waals surface area (Å²) in [6, 6.07) is 4.01. The first-order chi connectivity index (χ1) is 8.11. The van der Waals surface area contributed by atoms with Crippen molar-refractivity contribution < 1.29 is 73.5 Å². The Morgan fingerprint density at radius 2 is 1.90 bits per heavy atom. The molecule has 2 atom stereocenters. The summed E-state index contributed by atoms with van der Waals surface area (Å²) in [4.78, 5) is 26.6. The van der Waals surface area contributed by atoms with Crippen LogP contribution in [0.15, 0.2) is 24.4 Å². The molecule has 1 aromatic rings. The summed E-state index contributed by atoms with van der Waals surface area (Å²) in [5.74, 6) is 0. The molecule has 9 heteroatoms. The van der Waals surface area contributed by atoms with Gasteiger partial charge in [0.2, 0.25) is 0 Å². The van der Waals surface area contributed by atoms with Gasteiger partial charge in [-0.15, -0.1) is 0 Å². The van der Waals surface area contributed by atoms with Crippen LogP contribution in [0.1, 0.15) is 32.0 Å². The van der Waals surface area contributed by atoms with E-state index in [4.69, 9.17) is 11.5 Å². The number of hydrogen-bond acceptors (Lipinski definition) is 6. The second kappa shape index (κ2) is 9.38. The number of nitrogens with zero attached hydrogens (tertiary/aromatic N) is 1. The van der Waals surface area contributed by atoms with E-state index in [0.29, 0.717) is 5.69 Å². The molecule has 0 aliphatic rings. The van der Waals surface area contributed by atoms with E-state index in [1.54, 1.807) is 32.0 Å². The molecule has 0 aliphatic heterocycles. The van der Waals surface area contributed by atoms with Crippen LogP contribution in [0.4, 0.5) is 0 Å². The summed E-state index contributed by atoms with van der Waals surface area (Å²) in [6.07, 6.45) is 1.50. The first kappa shape index (κ1) is 23.5. The molecule has 0 fully saturated rings. The summed E-state index contributed by atoms with van der Waals surface area (Å²) >= 11 is 0. The zero-order chi connectivity index (χ0) is 14.0. The molecule has 0 radical (unpaired) electrons. The summed E-state index contributed by atoms with van der Waals surface area (Å²) in [6.45, 7) is 3.31. The molecule has 1 rings (SSSR count). The van der Waals surface area contributed by atoms with Gasteiger partial charge in [0.05, 0.1) is 11.7 Å². The molecule has 0 aliphatic carbocycles. The van der Waals surface area contributed by atoms with Crippen LogP contribution in [0, 0.1) is 0 Å². The van der Waals surface area contributed by atoms with Crippen molar-refractivity contribution in [3.63, 3.8) is 0 Å². The maximum atomic E-state index is 11.3. The van der Waals surface area contributed by atoms with Crippen molar-refractivity contribution in [2.75, 3.05) is 0 Å². The smallest absolute Gasteiger partial charge is 0.810 e. The van der Waals surface area contributed by atoms with Crippen LogP contribution >= 0.6 is 7.60 Å². The molecule has 0 amide bonds. The van der Waals surface area contributed by atoms with Gasteiger partial charge in [-0.05, 0) is 32.4 Å². The van der Waals surface area contributed by atoms with Crippen molar-refractivity contribution >= 4 is 7.60 Å². The molecule has 4 N–H and O–H groups in total. The van der Waals surface area contributed by atoms with Crippen molar-refractivity contribution in [2.45, 2.75) is 37.5 Å². The number of pyridine rings is 1. The Morgan fingerprint density at radius 1 is 1.35 bits per heavy atom. The fourth-order valence-corrected chi connectivity index (χ4v) is 2.99. The van der Waals surface area contributed by atoms with Crippen LogP contribution in [0.5, 0.6) is 0 Å². The van der Waals surface area contributed by atoms with Gasteiger partial charge in [-0.3, -0.25) is 4.98 Å². The molecule has 1 heterocycles. The van der Waals surface area contributed by atoms with Gasteiger partial charge in [-0.25, -0.2) is 0 Å². The van der Waals surface area contributed by atoms with Gasteiger partial charge < -0.3 is 25.8 Å². The number of rotatable bonds is 5. The van der Waals surface area contributed by atoms with E-state index in [1.807, 2.05) is 0 Å². The van der Waals surface area contributed by atoms with E-state index in [9.17, 15) is 14.4 Å². The Kier molecular flexibility index (Phi) is 11.0. The second-order valence-corrected chi connectivity index (χ2v) is 6.82. The second-order valence-electron chi connectivity index (χ2n) is 5.08. The Morgan fingerprint density at radius 3 is 2.25 bits per heavy atom. The zero-order valence-corrected chi connectivity index (χ0v) is 17.3. The van der Waals surface area contributed by atoms with Crippen molar-refractivity contribution in [2.24, 2.45) is 11.5 Å². The standard InChI is InChI=1S/C11H20N3O3P.2Na/c1-11(2,13)7-9(18(15,16)17)10(12)8-5-3-4-6-14-8;;/h3-6,9-10H,7,12-13H2,1-2H3,(H2,15,16,17);;/q;2*+1/p-2. The summed E-state index contributed by atoms with van der Waals surface area (Å²) in [7, 11) is -4.84. The van der Waals surface area contributed by atoms with Gasteiger partial charge >= 0.3 is 59.1 Å². The Bertz CT molecular complexity index is 436. The molecule has 6 nitrogen and oxygen atoms in total. The minimum Gasteiger partial charge on any atom is -0.810 e. The first-order valence-corrected chi connectivity index (χ1v) is 7.19. The Balaban J connectivity index is 0. The third kappa shape index (κ3) is 8.01. The molecule has 0 spiro atoms. The monoisotopic (exact) mass is 317 g/mol. The summed E-state index contributed by atoms with van der Waals surface area (Å²) < 4.78 is 11.3. The van der Waals surface area contributed by atoms with E-state index in [-0.39, 0.29) is 65.5 Å². The van der Waals surface area contributed by atoms with Crippen LogP contribution in [0.2, 0.25) is 0 Å². The average molecular weight is 317 g/mol. The quantitative estimate of drug-likeness (QED) is 0.410. The third-order valence-corrected chi connectivity index (χ3v) is 3.90. The maximum absolute atomic E-state index is 11.3. The van der Waals surface area contributed by atoms with E-state index < -0.39 is 24.8 Å². The normalized spacial score (nSPS) is 14.7. The Labute approximate surface area is 163 Å². The van der Waals surface area contributed by atoms with Crippen molar-refractivity contribution in [1.29, 1.82) is 0 Å². The van der Waals surface area contributed by atoms with E-state index in [1.165, 1.54) is 6.20 Å². The molecular weight excluding hydrogens is 299 g/mol. The van der Waals surface area contributed by atoms with E-state index >= 15 is 0 Å². The molecule has 102 valence electrons. The predicted molar refractivity (Wildman–Crippen MR) is 65.4 cm³/mol. The van der Waals surface area contributed by atoms with Crippen LogP contribution in [0.25, 0.3) is 0 Å². The molecule has 2 unspecified atom stereocenters. The first-order valence-electron chi connectivity index (χ1n) is 5.58. The fraction of sp³-hybridized carbons (Fsp3) is 0.545. The van der Waals surface area contributed by atoms with Crippen LogP contribution < -0.4 is 80.4 Å². The maximum Gasteiger partial charge on any atom is 1.00 e. The third-order valence-electron chi connectivity index (χ3n) is 2.59. The van der Waals surface area contributed by atoms with Gasteiger partial charge in [0, 0.05) is 17.4 Å². The molecule has 0 saturated heterocycles. The molecular formula is C11H18N3Na2O3P. The Hall–Kier alpha value is 1.22. The van der Waals surface area contributed by atoms with E-state index in [0.717, 1.165) is 0 Å². The van der Waals surface area contributed by atoms with Crippen LogP contribution in [-0.2, 0) is 4.57 Å². The largest absolute Gasteiger partial charge is 1.00 e. The van der Waals surface area contributed by atoms with Gasteiger partial charge in [0.25, 0.3) is 0 Å². The van der Waals surface area contributed by atoms with Crippen molar-refractivity contribution in [3.05, 3.63) is 30.1 Å². The number of nitrogens with two attached hydrogens (primary N) is 2. The zero-order valence-electron chi connectivity index (χ0n) is 12.4. The minimum atomic E-state index is -4.84. The fourth-order valence-electron chi connectivity index (χ4n) is 1.74. The average Bonchev–Trinajstić information content (AvgIpc) is 2.24. The molecule has 0 aromatic carbocycles. The molecule has 0 saturated carbocycles. The summed E-state index contributed by atoms with van der Waals surface area (Å²) in [5, 5.41) is 0. The molecule has 20 heavy (non-hydrogen) atoms. The van der Waals surface area contributed by atoms with Crippen molar-refractivity contribution in [1.82, 2.24) is 4.98 Å². The summed E-state index contributed by atoms with van der Waals surface area (Å²) in [5.41, 5.74) is 9.94. The molecule has 0 bridgehead atoms. The van der Waals surface area contributed by atoms with Crippen LogP contribution in [0.3, 0.4) is 0 Å². The van der Waals surface area contributed by atoms with Gasteiger partial charge in [0.15, 0.2) is 0 Å². The number of aromatic nitrogens is 1. The van der Waals surface area contributed by atoms with Crippen molar-refractivity contribution in [3.8, 4) is 0 Å². The molecule has 1 aromatic heterocycles. The SMILES string of the molecule is CC(C)(N)CC(C(N)c1ccccn1)P(=O)([O-])[O-].[Na+].[Na+]. The van der Waals surface area contributed by atoms with E-state index in [2.05, 4.69) is 4.98 Å². The predicted octanol–water partition coefficient (Wildman–Crippen LogP) is -6.50. The van der Waals surface area contributed by atoms with Crippen LogP contribution in [-0.4, -0.2) is 16.2 Å². The topological polar surface area (TPSA) is 128 Å². The minimum absolute atomic E-state index is 0. The van der Waals surface area contributed by atoms with Gasteiger partial charge in [-0.2, -0.15) is 0 Å².